The maximum absolute atomic E-state index is 12.2. The number of ether oxygens (including phenoxy) is 2. The summed E-state index contributed by atoms with van der Waals surface area (Å²) in [5.74, 6) is 1.58. The first kappa shape index (κ1) is 14.3. The van der Waals surface area contributed by atoms with Gasteiger partial charge in [-0.2, -0.15) is 0 Å². The van der Waals surface area contributed by atoms with Crippen LogP contribution >= 0.6 is 0 Å². The van der Waals surface area contributed by atoms with Gasteiger partial charge in [0, 0.05) is 13.2 Å². The van der Waals surface area contributed by atoms with Gasteiger partial charge in [-0.3, -0.25) is 15.1 Å². The molecule has 0 unspecified atom stereocenters. The van der Waals surface area contributed by atoms with Crippen LogP contribution in [0.1, 0.15) is 5.56 Å². The van der Waals surface area contributed by atoms with Crippen molar-refractivity contribution in [1.29, 1.82) is 0 Å². The SMILES string of the molecule is CN(C1=NC(=Cc2ccc3c(c2)OCO3)C(=O)N1)c1cccnc1. The van der Waals surface area contributed by atoms with Gasteiger partial charge >= 0.3 is 0 Å². The minimum Gasteiger partial charge on any atom is -0.454 e. The average molecular weight is 322 g/mol. The van der Waals surface area contributed by atoms with Gasteiger partial charge in [-0.05, 0) is 35.9 Å². The fourth-order valence-corrected chi connectivity index (χ4v) is 2.45. The lowest BCUT2D eigenvalue weighted by molar-refractivity contribution is -0.115. The van der Waals surface area contributed by atoms with Crippen LogP contribution < -0.4 is 19.7 Å². The molecule has 0 spiro atoms. The van der Waals surface area contributed by atoms with Gasteiger partial charge in [-0.25, -0.2) is 4.99 Å². The van der Waals surface area contributed by atoms with Crippen molar-refractivity contribution < 1.29 is 14.3 Å². The number of aromatic nitrogens is 1. The summed E-state index contributed by atoms with van der Waals surface area (Å²) in [5.41, 5.74) is 1.99. The number of rotatable bonds is 2. The van der Waals surface area contributed by atoms with Crippen LogP contribution in [0.2, 0.25) is 0 Å². The van der Waals surface area contributed by atoms with Crippen molar-refractivity contribution in [3.05, 3.63) is 54.0 Å². The summed E-state index contributed by atoms with van der Waals surface area (Å²) in [6, 6.07) is 9.20. The van der Waals surface area contributed by atoms with Crippen LogP contribution in [-0.4, -0.2) is 30.7 Å². The molecule has 0 radical (unpaired) electrons. The smallest absolute Gasteiger partial charge is 0.276 e. The van der Waals surface area contributed by atoms with E-state index in [0.29, 0.717) is 23.2 Å². The number of benzene rings is 1. The number of hydrogen-bond donors (Lipinski definition) is 1. The largest absolute Gasteiger partial charge is 0.454 e. The summed E-state index contributed by atoms with van der Waals surface area (Å²) in [5, 5.41) is 2.76. The minimum absolute atomic E-state index is 0.216. The maximum atomic E-state index is 12.2. The number of carbonyl (C=O) groups is 1. The molecule has 1 N–H and O–H groups in total. The van der Waals surface area contributed by atoms with Crippen molar-refractivity contribution >= 4 is 23.6 Å². The Morgan fingerprint density at radius 3 is 2.96 bits per heavy atom. The van der Waals surface area contributed by atoms with E-state index in [0.717, 1.165) is 11.3 Å². The Kier molecular flexibility index (Phi) is 3.38. The highest BCUT2D eigenvalue weighted by Gasteiger charge is 2.23. The third kappa shape index (κ3) is 2.56. The second-order valence-corrected chi connectivity index (χ2v) is 5.30. The van der Waals surface area contributed by atoms with Crippen LogP contribution in [0.5, 0.6) is 11.5 Å². The van der Waals surface area contributed by atoms with Crippen molar-refractivity contribution in [2.45, 2.75) is 0 Å². The Balaban J connectivity index is 1.61. The molecule has 0 saturated heterocycles. The summed E-state index contributed by atoms with van der Waals surface area (Å²) in [4.78, 5) is 22.4. The molecule has 0 saturated carbocycles. The number of amides is 1. The monoisotopic (exact) mass is 322 g/mol. The van der Waals surface area contributed by atoms with Gasteiger partial charge < -0.3 is 14.4 Å². The molecule has 1 aromatic heterocycles. The summed E-state index contributed by atoms with van der Waals surface area (Å²) >= 11 is 0. The quantitative estimate of drug-likeness (QED) is 0.853. The number of aliphatic imine (C=N–C) groups is 1. The number of anilines is 1. The van der Waals surface area contributed by atoms with Crippen molar-refractivity contribution in [2.75, 3.05) is 18.7 Å². The molecule has 7 nitrogen and oxygen atoms in total. The van der Waals surface area contributed by atoms with Gasteiger partial charge in [0.25, 0.3) is 5.91 Å². The molecule has 0 bridgehead atoms. The Hall–Kier alpha value is -3.35. The van der Waals surface area contributed by atoms with Crippen molar-refractivity contribution in [2.24, 2.45) is 4.99 Å². The molecule has 0 fully saturated rings. The van der Waals surface area contributed by atoms with E-state index < -0.39 is 0 Å². The Labute approximate surface area is 138 Å². The molecule has 4 rings (SSSR count). The molecular weight excluding hydrogens is 308 g/mol. The zero-order valence-corrected chi connectivity index (χ0v) is 12.9. The van der Waals surface area contributed by atoms with Gasteiger partial charge in [0.05, 0.1) is 11.9 Å². The van der Waals surface area contributed by atoms with Gasteiger partial charge in [0.15, 0.2) is 11.5 Å². The predicted molar refractivity (Wildman–Crippen MR) is 88.8 cm³/mol. The molecule has 2 aliphatic heterocycles. The van der Waals surface area contributed by atoms with Crippen molar-refractivity contribution in [3.63, 3.8) is 0 Å². The third-order valence-electron chi connectivity index (χ3n) is 3.74. The van der Waals surface area contributed by atoms with E-state index in [-0.39, 0.29) is 12.7 Å². The van der Waals surface area contributed by atoms with E-state index in [9.17, 15) is 4.79 Å². The van der Waals surface area contributed by atoms with E-state index in [4.69, 9.17) is 9.47 Å². The number of nitrogens with one attached hydrogen (secondary N) is 1. The highest BCUT2D eigenvalue weighted by atomic mass is 16.7. The lowest BCUT2D eigenvalue weighted by Crippen LogP contribution is -2.37. The van der Waals surface area contributed by atoms with E-state index >= 15 is 0 Å². The Bertz CT molecular complexity index is 861. The first-order valence-corrected chi connectivity index (χ1v) is 7.36. The highest BCUT2D eigenvalue weighted by Crippen LogP contribution is 2.33. The van der Waals surface area contributed by atoms with Crippen molar-refractivity contribution in [1.82, 2.24) is 10.3 Å². The standard InChI is InChI=1S/C17H14N4O3/c1-21(12-3-2-6-18-9-12)17-19-13(16(22)20-17)7-11-4-5-14-15(8-11)24-10-23-14/h2-9H,10H2,1H3,(H,19,20,22). The third-order valence-corrected chi connectivity index (χ3v) is 3.74. The highest BCUT2D eigenvalue weighted by molar-refractivity contribution is 6.17. The molecular formula is C17H14N4O3. The summed E-state index contributed by atoms with van der Waals surface area (Å²) in [6.45, 7) is 0.216. The van der Waals surface area contributed by atoms with Gasteiger partial charge in [-0.1, -0.05) is 6.07 Å². The maximum Gasteiger partial charge on any atom is 0.276 e. The molecule has 2 aliphatic rings. The predicted octanol–water partition coefficient (Wildman–Crippen LogP) is 1.77. The Morgan fingerprint density at radius 2 is 2.12 bits per heavy atom. The van der Waals surface area contributed by atoms with Gasteiger partial charge in [0.2, 0.25) is 12.8 Å². The molecule has 1 aromatic carbocycles. The normalized spacial score (nSPS) is 17.0. The summed E-state index contributed by atoms with van der Waals surface area (Å²) in [6.07, 6.45) is 5.10. The number of hydrogen-bond acceptors (Lipinski definition) is 6. The minimum atomic E-state index is -0.251. The molecule has 2 aromatic rings. The zero-order valence-electron chi connectivity index (χ0n) is 12.9. The molecule has 0 aliphatic carbocycles. The molecule has 120 valence electrons. The van der Waals surface area contributed by atoms with Crippen LogP contribution in [0.15, 0.2) is 53.4 Å². The average Bonchev–Trinajstić information content (AvgIpc) is 3.21. The van der Waals surface area contributed by atoms with Crippen LogP contribution in [0.25, 0.3) is 6.08 Å². The van der Waals surface area contributed by atoms with Gasteiger partial charge in [-0.15, -0.1) is 0 Å². The van der Waals surface area contributed by atoms with Crippen LogP contribution in [0.3, 0.4) is 0 Å². The lowest BCUT2D eigenvalue weighted by atomic mass is 10.1. The summed E-state index contributed by atoms with van der Waals surface area (Å²) in [7, 11) is 1.82. The molecule has 1 amide bonds. The molecule has 0 atom stereocenters. The van der Waals surface area contributed by atoms with E-state index in [1.54, 1.807) is 23.4 Å². The fraction of sp³-hybridized carbons (Fsp3) is 0.118. The first-order valence-electron chi connectivity index (χ1n) is 7.36. The second kappa shape index (κ2) is 5.69. The second-order valence-electron chi connectivity index (χ2n) is 5.30. The fourth-order valence-electron chi connectivity index (χ4n) is 2.45. The molecule has 7 heteroatoms. The van der Waals surface area contributed by atoms with E-state index in [2.05, 4.69) is 15.3 Å². The van der Waals surface area contributed by atoms with Crippen molar-refractivity contribution in [3.8, 4) is 11.5 Å². The Morgan fingerprint density at radius 1 is 1.25 bits per heavy atom. The number of nitrogens with zero attached hydrogens (tertiary/aromatic N) is 3. The van der Waals surface area contributed by atoms with E-state index in [1.165, 1.54) is 0 Å². The van der Waals surface area contributed by atoms with E-state index in [1.807, 2.05) is 37.4 Å². The number of fused-ring (bicyclic) bond motifs is 1. The lowest BCUT2D eigenvalue weighted by Gasteiger charge is -2.17. The van der Waals surface area contributed by atoms with Crippen LogP contribution in [-0.2, 0) is 4.79 Å². The molecule has 3 heterocycles. The zero-order chi connectivity index (χ0) is 16.5. The number of guanidine groups is 1. The number of pyridine rings is 1. The van der Waals surface area contributed by atoms with Gasteiger partial charge in [0.1, 0.15) is 5.70 Å². The number of carbonyl (C=O) groups excluding carboxylic acids is 1. The van der Waals surface area contributed by atoms with Crippen LogP contribution in [0.4, 0.5) is 5.69 Å². The first-order chi connectivity index (χ1) is 11.7. The van der Waals surface area contributed by atoms with Crippen LogP contribution in [0, 0.1) is 0 Å². The topological polar surface area (TPSA) is 76.1 Å². The summed E-state index contributed by atoms with van der Waals surface area (Å²) < 4.78 is 10.6. The molecule has 24 heavy (non-hydrogen) atoms.